The molecule has 1 saturated heterocycles. The molecule has 31 heavy (non-hydrogen) atoms. The number of amides is 2. The van der Waals surface area contributed by atoms with Gasteiger partial charge >= 0.3 is 6.09 Å². The van der Waals surface area contributed by atoms with Gasteiger partial charge in [0.25, 0.3) is 5.91 Å². The smallest absolute Gasteiger partial charge is 0.410 e. The monoisotopic (exact) mass is 427 g/mol. The molecule has 168 valence electrons. The summed E-state index contributed by atoms with van der Waals surface area (Å²) >= 11 is 0. The van der Waals surface area contributed by atoms with Gasteiger partial charge in [0, 0.05) is 31.9 Å². The van der Waals surface area contributed by atoms with Gasteiger partial charge in [0.2, 0.25) is 0 Å². The maximum atomic E-state index is 12.8. The van der Waals surface area contributed by atoms with Crippen molar-refractivity contribution in [3.8, 4) is 5.75 Å². The van der Waals surface area contributed by atoms with Crippen LogP contribution < -0.4 is 10.1 Å². The molecule has 1 fully saturated rings. The average molecular weight is 428 g/mol. The molecule has 3 rings (SSSR count). The minimum absolute atomic E-state index is 0.0758. The van der Waals surface area contributed by atoms with Crippen LogP contribution in [0, 0.1) is 0 Å². The van der Waals surface area contributed by atoms with E-state index in [-0.39, 0.29) is 18.0 Å². The van der Waals surface area contributed by atoms with E-state index in [2.05, 4.69) is 5.32 Å². The van der Waals surface area contributed by atoms with E-state index >= 15 is 0 Å². The van der Waals surface area contributed by atoms with Gasteiger partial charge in [0.15, 0.2) is 0 Å². The van der Waals surface area contributed by atoms with E-state index in [1.54, 1.807) is 12.0 Å². The predicted octanol–water partition coefficient (Wildman–Crippen LogP) is 4.04. The van der Waals surface area contributed by atoms with E-state index in [1.165, 1.54) is 0 Å². The van der Waals surface area contributed by atoms with E-state index in [9.17, 15) is 9.59 Å². The van der Waals surface area contributed by atoms with Crippen LogP contribution in [0.4, 0.5) is 4.79 Å². The van der Waals surface area contributed by atoms with Crippen molar-refractivity contribution in [1.29, 1.82) is 0 Å². The Kier molecular flexibility index (Phi) is 7.25. The number of carbonyl (C=O) groups excluding carboxylic acids is 2. The molecule has 0 atom stereocenters. The summed E-state index contributed by atoms with van der Waals surface area (Å²) in [6.45, 7) is 7.42. The van der Waals surface area contributed by atoms with Crippen LogP contribution in [0.15, 0.2) is 42.6 Å². The molecule has 2 aromatic rings. The fourth-order valence-electron chi connectivity index (χ4n) is 3.76. The van der Waals surface area contributed by atoms with Crippen molar-refractivity contribution in [2.24, 2.45) is 0 Å². The highest BCUT2D eigenvalue weighted by molar-refractivity contribution is 5.92. The van der Waals surface area contributed by atoms with Gasteiger partial charge in [-0.3, -0.25) is 4.79 Å². The molecule has 1 N–H and O–H groups in total. The molecule has 1 aromatic heterocycles. The van der Waals surface area contributed by atoms with E-state index < -0.39 is 5.60 Å². The Bertz CT molecular complexity index is 875. The van der Waals surface area contributed by atoms with Crippen molar-refractivity contribution >= 4 is 12.0 Å². The highest BCUT2D eigenvalue weighted by atomic mass is 16.6. The van der Waals surface area contributed by atoms with Gasteiger partial charge in [-0.1, -0.05) is 12.1 Å². The fourth-order valence-corrected chi connectivity index (χ4v) is 3.76. The number of rotatable bonds is 6. The molecule has 0 aliphatic carbocycles. The lowest BCUT2D eigenvalue weighted by Crippen LogP contribution is -2.42. The van der Waals surface area contributed by atoms with Crippen molar-refractivity contribution in [3.63, 3.8) is 0 Å². The van der Waals surface area contributed by atoms with Gasteiger partial charge in [0.1, 0.15) is 17.0 Å². The summed E-state index contributed by atoms with van der Waals surface area (Å²) in [4.78, 5) is 26.8. The molecule has 7 nitrogen and oxygen atoms in total. The lowest BCUT2D eigenvalue weighted by atomic mass is 10.0. The molecule has 0 saturated carbocycles. The molecule has 7 heteroatoms. The first-order chi connectivity index (χ1) is 14.8. The second kappa shape index (κ2) is 9.90. The number of hydrogen-bond acceptors (Lipinski definition) is 4. The normalized spacial score (nSPS) is 14.9. The molecule has 0 spiro atoms. The number of piperidine rings is 1. The number of carbonyl (C=O) groups is 2. The molecule has 2 heterocycles. The summed E-state index contributed by atoms with van der Waals surface area (Å²) in [6.07, 6.45) is 4.02. The molecular formula is C24H33N3O4. The van der Waals surface area contributed by atoms with Crippen molar-refractivity contribution in [2.45, 2.75) is 51.7 Å². The van der Waals surface area contributed by atoms with Crippen LogP contribution in [0.3, 0.4) is 0 Å². The fraction of sp³-hybridized carbons (Fsp3) is 0.500. The summed E-state index contributed by atoms with van der Waals surface area (Å²) in [5.41, 5.74) is 1.31. The third-order valence-corrected chi connectivity index (χ3v) is 5.38. The van der Waals surface area contributed by atoms with Gasteiger partial charge in [0.05, 0.1) is 7.11 Å². The summed E-state index contributed by atoms with van der Waals surface area (Å²) in [5.74, 6) is 0.747. The van der Waals surface area contributed by atoms with E-state index in [4.69, 9.17) is 9.47 Å². The van der Waals surface area contributed by atoms with Crippen LogP contribution in [0.1, 0.15) is 55.7 Å². The maximum absolute atomic E-state index is 12.8. The van der Waals surface area contributed by atoms with E-state index in [0.717, 1.165) is 30.6 Å². The predicted molar refractivity (Wildman–Crippen MR) is 120 cm³/mol. The summed E-state index contributed by atoms with van der Waals surface area (Å²) < 4.78 is 12.7. The minimum Gasteiger partial charge on any atom is -0.497 e. The number of aromatic nitrogens is 1. The van der Waals surface area contributed by atoms with Crippen molar-refractivity contribution in [1.82, 2.24) is 14.8 Å². The van der Waals surface area contributed by atoms with E-state index in [0.29, 0.717) is 25.3 Å². The Hall–Kier alpha value is -2.96. The second-order valence-corrected chi connectivity index (χ2v) is 8.85. The highest BCUT2D eigenvalue weighted by Gasteiger charge is 2.28. The molecular weight excluding hydrogens is 394 g/mol. The number of benzene rings is 1. The van der Waals surface area contributed by atoms with Crippen LogP contribution >= 0.6 is 0 Å². The Morgan fingerprint density at radius 2 is 1.77 bits per heavy atom. The number of hydrogen-bond donors (Lipinski definition) is 1. The second-order valence-electron chi connectivity index (χ2n) is 8.85. The zero-order chi connectivity index (χ0) is 22.4. The molecule has 0 bridgehead atoms. The first-order valence-corrected chi connectivity index (χ1v) is 10.8. The maximum Gasteiger partial charge on any atom is 0.410 e. The molecule has 0 radical (unpaired) electrons. The van der Waals surface area contributed by atoms with E-state index in [1.807, 2.05) is 67.9 Å². The number of likely N-dealkylation sites (tertiary alicyclic amines) is 1. The summed E-state index contributed by atoms with van der Waals surface area (Å²) in [6, 6.07) is 11.8. The zero-order valence-electron chi connectivity index (χ0n) is 18.9. The van der Waals surface area contributed by atoms with Gasteiger partial charge in [-0.15, -0.1) is 0 Å². The lowest BCUT2D eigenvalue weighted by Gasteiger charge is -2.34. The van der Waals surface area contributed by atoms with Crippen LogP contribution in [0.5, 0.6) is 5.75 Å². The van der Waals surface area contributed by atoms with Crippen LogP contribution in [-0.2, 0) is 11.2 Å². The van der Waals surface area contributed by atoms with Crippen molar-refractivity contribution in [2.75, 3.05) is 26.7 Å². The quantitative estimate of drug-likeness (QED) is 0.755. The third-order valence-electron chi connectivity index (χ3n) is 5.38. The van der Waals surface area contributed by atoms with Crippen molar-refractivity contribution in [3.05, 3.63) is 53.9 Å². The molecule has 0 unspecified atom stereocenters. The first kappa shape index (κ1) is 22.7. The standard InChI is InChI=1S/C24H33N3O4/c1-24(2,3)31-23(29)26-16-12-19(13-17-26)27-15-5-6-21(27)22(28)25-14-11-18-7-9-20(30-4)10-8-18/h5-10,15,19H,11-14,16-17H2,1-4H3,(H,25,28). The lowest BCUT2D eigenvalue weighted by molar-refractivity contribution is 0.0187. The first-order valence-electron chi connectivity index (χ1n) is 10.8. The van der Waals surface area contributed by atoms with Gasteiger partial charge in [-0.05, 0) is 69.9 Å². The SMILES string of the molecule is COc1ccc(CCNC(=O)c2cccn2C2CCN(C(=O)OC(C)(C)C)CC2)cc1. The minimum atomic E-state index is -0.495. The summed E-state index contributed by atoms with van der Waals surface area (Å²) in [7, 11) is 1.64. The largest absolute Gasteiger partial charge is 0.497 e. The van der Waals surface area contributed by atoms with Gasteiger partial charge < -0.3 is 24.3 Å². The Labute approximate surface area is 184 Å². The number of methoxy groups -OCH3 is 1. The molecule has 1 aliphatic heterocycles. The number of nitrogens with zero attached hydrogens (tertiary/aromatic N) is 2. The highest BCUT2D eigenvalue weighted by Crippen LogP contribution is 2.25. The Balaban J connectivity index is 1.51. The zero-order valence-corrected chi connectivity index (χ0v) is 18.9. The van der Waals surface area contributed by atoms with Crippen molar-refractivity contribution < 1.29 is 19.1 Å². The van der Waals surface area contributed by atoms with Crippen LogP contribution in [-0.4, -0.2) is 53.8 Å². The van der Waals surface area contributed by atoms with Crippen LogP contribution in [0.25, 0.3) is 0 Å². The third kappa shape index (κ3) is 6.26. The number of nitrogens with one attached hydrogen (secondary N) is 1. The topological polar surface area (TPSA) is 72.8 Å². The molecule has 2 amide bonds. The Morgan fingerprint density at radius 3 is 2.39 bits per heavy atom. The molecule has 1 aromatic carbocycles. The molecule has 1 aliphatic rings. The summed E-state index contributed by atoms with van der Waals surface area (Å²) in [5, 5.41) is 3.02. The average Bonchev–Trinajstić information content (AvgIpc) is 3.23. The van der Waals surface area contributed by atoms with Gasteiger partial charge in [-0.2, -0.15) is 0 Å². The van der Waals surface area contributed by atoms with Gasteiger partial charge in [-0.25, -0.2) is 4.79 Å². The van der Waals surface area contributed by atoms with Crippen LogP contribution in [0.2, 0.25) is 0 Å². The Morgan fingerprint density at radius 1 is 1.10 bits per heavy atom. The number of ether oxygens (including phenoxy) is 2.